The predicted molar refractivity (Wildman–Crippen MR) is 131 cm³/mol. The molecule has 194 valence electrons. The molecule has 0 radical (unpaired) electrons. The normalized spacial score (nSPS) is 17.7. The number of benzene rings is 2. The lowest BCUT2D eigenvalue weighted by atomic mass is 9.98. The molecule has 2 atom stereocenters. The molecule has 0 N–H and O–H groups in total. The third kappa shape index (κ3) is 7.71. The van der Waals surface area contributed by atoms with Crippen molar-refractivity contribution in [2.75, 3.05) is 13.7 Å². The Morgan fingerprint density at radius 3 is 2.06 bits per heavy atom. The molecule has 1 aliphatic rings. The van der Waals surface area contributed by atoms with Gasteiger partial charge < -0.3 is 14.2 Å². The van der Waals surface area contributed by atoms with E-state index in [1.165, 1.54) is 17.1 Å². The minimum atomic E-state index is -0.822. The number of likely N-dealkylation sites (tertiary alicyclic amines) is 1. The molecule has 0 saturated carbocycles. The number of esters is 1. The molecule has 1 saturated heterocycles. The minimum absolute atomic E-state index is 0.0178. The lowest BCUT2D eigenvalue weighted by molar-refractivity contribution is -0.185. The highest BCUT2D eigenvalue weighted by atomic mass is 16.7. The van der Waals surface area contributed by atoms with Crippen LogP contribution in [0, 0.1) is 0 Å². The summed E-state index contributed by atoms with van der Waals surface area (Å²) in [6.07, 6.45) is -0.675. The van der Waals surface area contributed by atoms with Crippen molar-refractivity contribution in [2.24, 2.45) is 0 Å². The quantitative estimate of drug-likeness (QED) is 0.310. The third-order valence-electron chi connectivity index (χ3n) is 5.59. The Labute approximate surface area is 211 Å². The van der Waals surface area contributed by atoms with E-state index in [9.17, 15) is 14.4 Å². The van der Waals surface area contributed by atoms with Gasteiger partial charge in [-0.25, -0.2) is 14.4 Å². The number of amides is 2. The summed E-state index contributed by atoms with van der Waals surface area (Å²) in [5.41, 5.74) is 0.937. The SMILES string of the molecule is COC(=O)[C@H]1CC[C@H](N(OCc2ccccc2)C(=O)OCc2ccccc2)CN1C(=O)OC(C)(C)C. The van der Waals surface area contributed by atoms with Crippen LogP contribution in [0.15, 0.2) is 60.7 Å². The average molecular weight is 499 g/mol. The van der Waals surface area contributed by atoms with Gasteiger partial charge >= 0.3 is 18.2 Å². The van der Waals surface area contributed by atoms with Gasteiger partial charge in [-0.2, -0.15) is 5.06 Å². The van der Waals surface area contributed by atoms with Gasteiger partial charge in [-0.05, 0) is 44.7 Å². The number of carbonyl (C=O) groups excluding carboxylic acids is 3. The Morgan fingerprint density at radius 1 is 0.917 bits per heavy atom. The molecule has 1 fully saturated rings. The molecule has 1 heterocycles. The maximum absolute atomic E-state index is 13.2. The molecule has 9 heteroatoms. The highest BCUT2D eigenvalue weighted by Crippen LogP contribution is 2.26. The van der Waals surface area contributed by atoms with E-state index >= 15 is 0 Å². The monoisotopic (exact) mass is 498 g/mol. The van der Waals surface area contributed by atoms with Crippen LogP contribution in [0.3, 0.4) is 0 Å². The Morgan fingerprint density at radius 2 is 1.50 bits per heavy atom. The fraction of sp³-hybridized carbons (Fsp3) is 0.444. The van der Waals surface area contributed by atoms with E-state index in [1.807, 2.05) is 60.7 Å². The number of hydroxylamine groups is 2. The molecule has 0 aliphatic carbocycles. The van der Waals surface area contributed by atoms with E-state index in [0.717, 1.165) is 11.1 Å². The van der Waals surface area contributed by atoms with Crippen LogP contribution >= 0.6 is 0 Å². The zero-order valence-corrected chi connectivity index (χ0v) is 21.2. The minimum Gasteiger partial charge on any atom is -0.467 e. The van der Waals surface area contributed by atoms with Gasteiger partial charge in [-0.1, -0.05) is 60.7 Å². The number of methoxy groups -OCH3 is 1. The van der Waals surface area contributed by atoms with E-state index in [0.29, 0.717) is 6.42 Å². The molecule has 2 amide bonds. The smallest absolute Gasteiger partial charge is 0.434 e. The first-order valence-corrected chi connectivity index (χ1v) is 11.9. The van der Waals surface area contributed by atoms with Gasteiger partial charge in [0.05, 0.1) is 13.2 Å². The Bertz CT molecular complexity index is 1010. The summed E-state index contributed by atoms with van der Waals surface area (Å²) in [7, 11) is 1.28. The van der Waals surface area contributed by atoms with Crippen LogP contribution < -0.4 is 0 Å². The van der Waals surface area contributed by atoms with E-state index in [2.05, 4.69) is 0 Å². The summed E-state index contributed by atoms with van der Waals surface area (Å²) < 4.78 is 16.0. The van der Waals surface area contributed by atoms with Crippen LogP contribution in [-0.4, -0.2) is 59.5 Å². The second-order valence-corrected chi connectivity index (χ2v) is 9.53. The van der Waals surface area contributed by atoms with Gasteiger partial charge in [0.25, 0.3) is 0 Å². The fourth-order valence-corrected chi connectivity index (χ4v) is 3.85. The fourth-order valence-electron chi connectivity index (χ4n) is 3.85. The number of hydrogen-bond donors (Lipinski definition) is 0. The van der Waals surface area contributed by atoms with Crippen LogP contribution in [0.4, 0.5) is 9.59 Å². The Kier molecular flexibility index (Phi) is 9.30. The summed E-state index contributed by atoms with van der Waals surface area (Å²) in [5.74, 6) is -0.539. The van der Waals surface area contributed by atoms with Crippen LogP contribution in [0.2, 0.25) is 0 Å². The maximum Gasteiger partial charge on any atom is 0.434 e. The van der Waals surface area contributed by atoms with Crippen molar-refractivity contribution < 1.29 is 33.4 Å². The number of ether oxygens (including phenoxy) is 3. The lowest BCUT2D eigenvalue weighted by Crippen LogP contribution is -2.58. The second kappa shape index (κ2) is 12.4. The van der Waals surface area contributed by atoms with Gasteiger partial charge in [0.15, 0.2) is 0 Å². The van der Waals surface area contributed by atoms with Gasteiger partial charge in [0.2, 0.25) is 0 Å². The van der Waals surface area contributed by atoms with Crippen LogP contribution in [-0.2, 0) is 37.1 Å². The zero-order valence-electron chi connectivity index (χ0n) is 21.2. The Hall–Kier alpha value is -3.59. The van der Waals surface area contributed by atoms with E-state index in [1.54, 1.807) is 20.8 Å². The largest absolute Gasteiger partial charge is 0.467 e. The predicted octanol–water partition coefficient (Wildman–Crippen LogP) is 4.70. The molecule has 1 aliphatic heterocycles. The van der Waals surface area contributed by atoms with Crippen molar-refractivity contribution in [3.05, 3.63) is 71.8 Å². The molecule has 0 unspecified atom stereocenters. The van der Waals surface area contributed by atoms with Crippen LogP contribution in [0.25, 0.3) is 0 Å². The highest BCUT2D eigenvalue weighted by molar-refractivity contribution is 5.82. The third-order valence-corrected chi connectivity index (χ3v) is 5.59. The molecule has 36 heavy (non-hydrogen) atoms. The standard InChI is InChI=1S/C27H34N2O7/c1-27(2,3)36-25(31)28-17-22(15-16-23(28)24(30)33-4)29(35-19-21-13-9-6-10-14-21)26(32)34-18-20-11-7-5-8-12-20/h5-14,22-23H,15-19H2,1-4H3/t22-,23+/m0/s1. The molecule has 2 aromatic rings. The molecular formula is C27H34N2O7. The summed E-state index contributed by atoms with van der Waals surface area (Å²) >= 11 is 0. The van der Waals surface area contributed by atoms with Crippen molar-refractivity contribution in [3.63, 3.8) is 0 Å². The number of piperidine rings is 1. The van der Waals surface area contributed by atoms with Gasteiger partial charge in [-0.15, -0.1) is 0 Å². The molecule has 2 aromatic carbocycles. The van der Waals surface area contributed by atoms with E-state index < -0.39 is 35.8 Å². The first-order valence-electron chi connectivity index (χ1n) is 11.9. The summed E-state index contributed by atoms with van der Waals surface area (Å²) in [5, 5.41) is 1.17. The highest BCUT2D eigenvalue weighted by Gasteiger charge is 2.42. The van der Waals surface area contributed by atoms with Crippen LogP contribution in [0.5, 0.6) is 0 Å². The Balaban J connectivity index is 1.79. The molecule has 0 bridgehead atoms. The average Bonchev–Trinajstić information content (AvgIpc) is 2.87. The maximum atomic E-state index is 13.2. The van der Waals surface area contributed by atoms with Gasteiger partial charge in [0, 0.05) is 6.54 Å². The number of hydrogen-bond acceptors (Lipinski definition) is 7. The van der Waals surface area contributed by atoms with Crippen molar-refractivity contribution in [3.8, 4) is 0 Å². The summed E-state index contributed by atoms with van der Waals surface area (Å²) in [6, 6.07) is 17.3. The molecule has 3 rings (SSSR count). The molecule has 0 aromatic heterocycles. The summed E-state index contributed by atoms with van der Waals surface area (Å²) in [4.78, 5) is 45.8. The number of nitrogens with zero attached hydrogens (tertiary/aromatic N) is 2. The second-order valence-electron chi connectivity index (χ2n) is 9.53. The van der Waals surface area contributed by atoms with Gasteiger partial charge in [0.1, 0.15) is 24.9 Å². The van der Waals surface area contributed by atoms with Gasteiger partial charge in [-0.3, -0.25) is 9.74 Å². The van der Waals surface area contributed by atoms with E-state index in [-0.39, 0.29) is 26.2 Å². The lowest BCUT2D eigenvalue weighted by Gasteiger charge is -2.41. The molecule has 0 spiro atoms. The molecular weight excluding hydrogens is 464 g/mol. The molecule has 9 nitrogen and oxygen atoms in total. The summed E-state index contributed by atoms with van der Waals surface area (Å²) in [6.45, 7) is 5.45. The van der Waals surface area contributed by atoms with E-state index in [4.69, 9.17) is 19.0 Å². The number of carbonyl (C=O) groups is 3. The van der Waals surface area contributed by atoms with Crippen molar-refractivity contribution >= 4 is 18.2 Å². The van der Waals surface area contributed by atoms with Crippen molar-refractivity contribution in [1.29, 1.82) is 0 Å². The first kappa shape index (κ1) is 27.0. The zero-order chi connectivity index (χ0) is 26.1. The first-order chi connectivity index (χ1) is 17.2. The van der Waals surface area contributed by atoms with Crippen molar-refractivity contribution in [2.45, 2.75) is 64.5 Å². The van der Waals surface area contributed by atoms with Crippen molar-refractivity contribution in [1.82, 2.24) is 9.96 Å². The van der Waals surface area contributed by atoms with Crippen LogP contribution in [0.1, 0.15) is 44.7 Å². The topological polar surface area (TPSA) is 94.6 Å². The number of rotatable bonds is 7.